The molecule has 0 bridgehead atoms. The second kappa shape index (κ2) is 6.31. The van der Waals surface area contributed by atoms with Gasteiger partial charge in [0, 0.05) is 17.1 Å². The average Bonchev–Trinajstić information content (AvgIpc) is 2.89. The number of fused-ring (bicyclic) bond motifs is 3. The minimum Gasteiger partial charge on any atom is -0.369 e. The van der Waals surface area contributed by atoms with Gasteiger partial charge in [0.25, 0.3) is 0 Å². The summed E-state index contributed by atoms with van der Waals surface area (Å²) < 4.78 is 6.04. The number of thiophene rings is 1. The maximum atomic E-state index is 6.04. The van der Waals surface area contributed by atoms with E-state index in [1.54, 1.807) is 23.1 Å². The molecule has 2 aromatic rings. The lowest BCUT2D eigenvalue weighted by Crippen LogP contribution is -2.34. The van der Waals surface area contributed by atoms with Gasteiger partial charge in [-0.05, 0) is 25.3 Å². The van der Waals surface area contributed by atoms with Crippen molar-refractivity contribution in [2.45, 2.75) is 57.4 Å². The first kappa shape index (κ1) is 16.0. The molecule has 3 N–H and O–H groups in total. The molecule has 0 fully saturated rings. The number of hydrogen-bond acceptors (Lipinski definition) is 7. The molecular formula is C15H22N4OS2. The van der Waals surface area contributed by atoms with Crippen molar-refractivity contribution in [3.63, 3.8) is 0 Å². The Morgan fingerprint density at radius 1 is 1.41 bits per heavy atom. The Morgan fingerprint density at radius 2 is 2.23 bits per heavy atom. The van der Waals surface area contributed by atoms with Crippen LogP contribution in [0, 0.1) is 0 Å². The van der Waals surface area contributed by atoms with E-state index in [0.717, 1.165) is 46.2 Å². The first-order valence-electron chi connectivity index (χ1n) is 7.66. The predicted molar refractivity (Wildman–Crippen MR) is 93.4 cm³/mol. The van der Waals surface area contributed by atoms with E-state index in [2.05, 4.69) is 31.2 Å². The van der Waals surface area contributed by atoms with E-state index >= 15 is 0 Å². The summed E-state index contributed by atoms with van der Waals surface area (Å²) in [5.41, 5.74) is 3.96. The van der Waals surface area contributed by atoms with Crippen molar-refractivity contribution in [1.29, 1.82) is 0 Å². The van der Waals surface area contributed by atoms with Crippen molar-refractivity contribution in [2.75, 3.05) is 11.2 Å². The van der Waals surface area contributed by atoms with Gasteiger partial charge in [-0.25, -0.2) is 15.8 Å². The second-order valence-corrected chi connectivity index (χ2v) is 7.95. The number of nitrogens with zero attached hydrogens (tertiary/aromatic N) is 2. The molecule has 3 rings (SSSR count). The maximum absolute atomic E-state index is 6.04. The molecule has 2 aromatic heterocycles. The number of thioether (sulfide) groups is 1. The molecule has 1 aliphatic rings. The fourth-order valence-corrected chi connectivity index (χ4v) is 4.50. The molecular weight excluding hydrogens is 316 g/mol. The fraction of sp³-hybridized carbons (Fsp3) is 0.600. The van der Waals surface area contributed by atoms with Crippen LogP contribution < -0.4 is 11.3 Å². The van der Waals surface area contributed by atoms with Gasteiger partial charge in [-0.15, -0.1) is 11.3 Å². The van der Waals surface area contributed by atoms with Gasteiger partial charge in [0.1, 0.15) is 4.83 Å². The van der Waals surface area contributed by atoms with Crippen molar-refractivity contribution in [2.24, 2.45) is 5.84 Å². The highest BCUT2D eigenvalue weighted by Crippen LogP contribution is 2.42. The van der Waals surface area contributed by atoms with Crippen LogP contribution in [0.1, 0.15) is 44.1 Å². The van der Waals surface area contributed by atoms with Crippen LogP contribution in [0.2, 0.25) is 0 Å². The average molecular weight is 339 g/mol. The molecule has 22 heavy (non-hydrogen) atoms. The van der Waals surface area contributed by atoms with E-state index in [1.807, 2.05) is 0 Å². The molecule has 0 unspecified atom stereocenters. The zero-order valence-corrected chi connectivity index (χ0v) is 14.9. The number of nitrogens with one attached hydrogen (secondary N) is 1. The predicted octanol–water partition coefficient (Wildman–Crippen LogP) is 3.72. The van der Waals surface area contributed by atoms with E-state index in [4.69, 9.17) is 15.6 Å². The SMILES string of the molecule is CCCSc1nc(NN)c2c3c(sc2n1)CO[C@](C)(CC)C3. The molecule has 5 nitrogen and oxygen atoms in total. The molecule has 0 saturated carbocycles. The molecule has 7 heteroatoms. The summed E-state index contributed by atoms with van der Waals surface area (Å²) in [4.78, 5) is 11.6. The highest BCUT2D eigenvalue weighted by molar-refractivity contribution is 7.99. The quantitative estimate of drug-likeness (QED) is 0.375. The van der Waals surface area contributed by atoms with Crippen molar-refractivity contribution in [1.82, 2.24) is 9.97 Å². The number of hydrazine groups is 1. The van der Waals surface area contributed by atoms with Gasteiger partial charge in [0.05, 0.1) is 17.6 Å². The molecule has 0 aromatic carbocycles. The Kier molecular flexibility index (Phi) is 4.59. The Balaban J connectivity index is 2.09. The Labute approximate surface area is 139 Å². The van der Waals surface area contributed by atoms with Gasteiger partial charge in [0.15, 0.2) is 11.0 Å². The van der Waals surface area contributed by atoms with Crippen LogP contribution in [0.4, 0.5) is 5.82 Å². The van der Waals surface area contributed by atoms with E-state index in [1.165, 1.54) is 10.4 Å². The third-order valence-electron chi connectivity index (χ3n) is 4.14. The van der Waals surface area contributed by atoms with Gasteiger partial charge in [-0.2, -0.15) is 0 Å². The van der Waals surface area contributed by atoms with E-state index in [-0.39, 0.29) is 5.60 Å². The lowest BCUT2D eigenvalue weighted by atomic mass is 9.90. The minimum absolute atomic E-state index is 0.109. The normalized spacial score (nSPS) is 21.1. The van der Waals surface area contributed by atoms with Gasteiger partial charge in [-0.3, -0.25) is 0 Å². The molecule has 0 radical (unpaired) electrons. The van der Waals surface area contributed by atoms with Crippen molar-refractivity contribution < 1.29 is 4.74 Å². The summed E-state index contributed by atoms with van der Waals surface area (Å²) in [5, 5.41) is 1.87. The molecule has 3 heterocycles. The molecule has 1 atom stereocenters. The van der Waals surface area contributed by atoms with Crippen LogP contribution in [0.3, 0.4) is 0 Å². The highest BCUT2D eigenvalue weighted by Gasteiger charge is 2.33. The first-order valence-corrected chi connectivity index (χ1v) is 9.46. The third kappa shape index (κ3) is 2.82. The van der Waals surface area contributed by atoms with E-state index < -0.39 is 0 Å². The van der Waals surface area contributed by atoms with Gasteiger partial charge < -0.3 is 10.2 Å². The number of hydrogen-bond donors (Lipinski definition) is 2. The van der Waals surface area contributed by atoms with Gasteiger partial charge >= 0.3 is 0 Å². The molecule has 120 valence electrons. The summed E-state index contributed by atoms with van der Waals surface area (Å²) in [6.45, 7) is 7.14. The summed E-state index contributed by atoms with van der Waals surface area (Å²) in [7, 11) is 0. The van der Waals surface area contributed by atoms with Crippen LogP contribution in [0.25, 0.3) is 10.2 Å². The van der Waals surface area contributed by atoms with Crippen LogP contribution in [0.15, 0.2) is 5.16 Å². The van der Waals surface area contributed by atoms with E-state index in [9.17, 15) is 0 Å². The topological polar surface area (TPSA) is 73.1 Å². The molecule has 0 aliphatic carbocycles. The lowest BCUT2D eigenvalue weighted by molar-refractivity contribution is -0.0542. The maximum Gasteiger partial charge on any atom is 0.190 e. The highest BCUT2D eigenvalue weighted by atomic mass is 32.2. The number of aromatic nitrogens is 2. The summed E-state index contributed by atoms with van der Waals surface area (Å²) in [6, 6.07) is 0. The van der Waals surface area contributed by atoms with Crippen LogP contribution in [-0.4, -0.2) is 21.3 Å². The van der Waals surface area contributed by atoms with Crippen molar-refractivity contribution in [3.05, 3.63) is 10.4 Å². The molecule has 1 aliphatic heterocycles. The Bertz CT molecular complexity index is 688. The van der Waals surface area contributed by atoms with Crippen molar-refractivity contribution in [3.8, 4) is 0 Å². The smallest absolute Gasteiger partial charge is 0.190 e. The monoisotopic (exact) mass is 338 g/mol. The number of nitrogen functional groups attached to an aromatic ring is 1. The Morgan fingerprint density at radius 3 is 2.91 bits per heavy atom. The largest absolute Gasteiger partial charge is 0.369 e. The van der Waals surface area contributed by atoms with E-state index in [0.29, 0.717) is 6.61 Å². The Hall–Kier alpha value is -0.890. The first-order chi connectivity index (χ1) is 10.6. The molecule has 0 saturated heterocycles. The zero-order chi connectivity index (χ0) is 15.7. The van der Waals surface area contributed by atoms with Gasteiger partial charge in [0.2, 0.25) is 0 Å². The number of rotatable bonds is 5. The number of nitrogens with two attached hydrogens (primary N) is 1. The summed E-state index contributed by atoms with van der Waals surface area (Å²) >= 11 is 3.38. The minimum atomic E-state index is -0.109. The standard InChI is InChI=1S/C15H22N4OS2/c1-4-6-21-14-17-12(19-16)11-9-7-15(3,5-2)20-8-10(9)22-13(11)18-14/h4-8,16H2,1-3H3,(H,17,18,19)/t15-/m1/s1. The summed E-state index contributed by atoms with van der Waals surface area (Å²) in [5.74, 6) is 7.48. The summed E-state index contributed by atoms with van der Waals surface area (Å²) in [6.07, 6.45) is 2.97. The molecule has 0 spiro atoms. The van der Waals surface area contributed by atoms with Crippen LogP contribution in [-0.2, 0) is 17.8 Å². The van der Waals surface area contributed by atoms with Gasteiger partial charge in [-0.1, -0.05) is 25.6 Å². The second-order valence-electron chi connectivity index (χ2n) is 5.80. The third-order valence-corrected chi connectivity index (χ3v) is 6.29. The fourth-order valence-electron chi connectivity index (χ4n) is 2.64. The van der Waals surface area contributed by atoms with Crippen LogP contribution in [0.5, 0.6) is 0 Å². The lowest BCUT2D eigenvalue weighted by Gasteiger charge is -2.33. The number of anilines is 1. The van der Waals surface area contributed by atoms with Crippen LogP contribution >= 0.6 is 23.1 Å². The molecule has 0 amide bonds. The number of ether oxygens (including phenoxy) is 1. The van der Waals surface area contributed by atoms with Crippen molar-refractivity contribution >= 4 is 39.1 Å². The zero-order valence-electron chi connectivity index (χ0n) is 13.2.